The molecule has 0 radical (unpaired) electrons. The third kappa shape index (κ3) is 5.31. The summed E-state index contributed by atoms with van der Waals surface area (Å²) in [6, 6.07) is 7.14. The Morgan fingerprint density at radius 1 is 1.12 bits per heavy atom. The predicted octanol–water partition coefficient (Wildman–Crippen LogP) is 6.34. The molecule has 0 fully saturated rings. The first-order valence-corrected chi connectivity index (χ1v) is 7.94. The highest BCUT2D eigenvalue weighted by atomic mass is 16.3. The van der Waals surface area contributed by atoms with Crippen molar-refractivity contribution in [2.24, 2.45) is 5.41 Å². The maximum absolute atomic E-state index is 9.98. The van der Waals surface area contributed by atoms with Gasteiger partial charge in [0.1, 0.15) is 5.75 Å². The van der Waals surface area contributed by atoms with E-state index in [1.165, 1.54) is 0 Å². The molecule has 1 aromatic carbocycles. The molecular formula is C22H28O2. The normalized spacial score (nSPS) is 12.8. The first kappa shape index (κ1) is 19.6. The number of benzene rings is 1. The summed E-state index contributed by atoms with van der Waals surface area (Å²) in [6.45, 7) is 19.9. The first-order chi connectivity index (χ1) is 11.0. The summed E-state index contributed by atoms with van der Waals surface area (Å²) < 4.78 is 0. The molecule has 0 aromatic heterocycles. The maximum atomic E-state index is 9.98. The van der Waals surface area contributed by atoms with Crippen LogP contribution in [0.25, 0.3) is 5.57 Å². The number of aliphatic hydroxyl groups is 1. The van der Waals surface area contributed by atoms with Crippen molar-refractivity contribution >= 4 is 5.57 Å². The van der Waals surface area contributed by atoms with Gasteiger partial charge >= 0.3 is 0 Å². The summed E-state index contributed by atoms with van der Waals surface area (Å²) >= 11 is 0. The minimum absolute atomic E-state index is 0.214. The van der Waals surface area contributed by atoms with Crippen molar-refractivity contribution < 1.29 is 10.2 Å². The van der Waals surface area contributed by atoms with E-state index in [2.05, 4.69) is 33.6 Å². The van der Waals surface area contributed by atoms with Crippen LogP contribution in [0.15, 0.2) is 78.6 Å². The second kappa shape index (κ2) is 7.87. The van der Waals surface area contributed by atoms with Gasteiger partial charge in [-0.05, 0) is 48.8 Å². The molecule has 128 valence electrons. The Labute approximate surface area is 145 Å². The second-order valence-electron chi connectivity index (χ2n) is 6.83. The monoisotopic (exact) mass is 324 g/mol. The van der Waals surface area contributed by atoms with Crippen molar-refractivity contribution in [3.63, 3.8) is 0 Å². The van der Waals surface area contributed by atoms with Crippen molar-refractivity contribution in [1.29, 1.82) is 0 Å². The lowest BCUT2D eigenvalue weighted by molar-refractivity contribution is 0.399. The molecule has 0 aliphatic rings. The van der Waals surface area contributed by atoms with E-state index < -0.39 is 0 Å². The van der Waals surface area contributed by atoms with Crippen molar-refractivity contribution in [2.75, 3.05) is 0 Å². The molecule has 0 bridgehead atoms. The SMILES string of the molecule is C=C(C)/C=C(/O)CC(=C)/C=C(/c1cccc(O)c1)C(C)(C)C(=C)C. The fraction of sp³-hybridized carbons (Fsp3) is 0.273. The summed E-state index contributed by atoms with van der Waals surface area (Å²) in [7, 11) is 0. The topological polar surface area (TPSA) is 40.5 Å². The van der Waals surface area contributed by atoms with E-state index in [0.29, 0.717) is 6.42 Å². The molecule has 0 aliphatic heterocycles. The van der Waals surface area contributed by atoms with E-state index >= 15 is 0 Å². The lowest BCUT2D eigenvalue weighted by Crippen LogP contribution is -2.15. The Morgan fingerprint density at radius 3 is 2.25 bits per heavy atom. The number of phenols is 1. The molecule has 0 aliphatic carbocycles. The number of hydrogen-bond acceptors (Lipinski definition) is 2. The molecule has 0 atom stereocenters. The summed E-state index contributed by atoms with van der Waals surface area (Å²) in [6.07, 6.45) is 3.95. The van der Waals surface area contributed by atoms with Gasteiger partial charge in [-0.15, -0.1) is 0 Å². The number of phenolic OH excluding ortho intramolecular Hbond substituents is 1. The molecule has 0 saturated heterocycles. The molecule has 0 unspecified atom stereocenters. The lowest BCUT2D eigenvalue weighted by Gasteiger charge is -2.30. The van der Waals surface area contributed by atoms with Crippen LogP contribution in [-0.4, -0.2) is 10.2 Å². The fourth-order valence-corrected chi connectivity index (χ4v) is 2.35. The molecule has 2 nitrogen and oxygen atoms in total. The number of rotatable bonds is 7. The van der Waals surface area contributed by atoms with E-state index in [-0.39, 0.29) is 16.9 Å². The predicted molar refractivity (Wildman–Crippen MR) is 104 cm³/mol. The molecule has 2 heteroatoms. The van der Waals surface area contributed by atoms with Crippen molar-refractivity contribution in [2.45, 2.75) is 34.1 Å². The molecule has 1 rings (SSSR count). The van der Waals surface area contributed by atoms with Gasteiger partial charge in [0.05, 0.1) is 5.76 Å². The van der Waals surface area contributed by atoms with Crippen LogP contribution in [0.4, 0.5) is 0 Å². The van der Waals surface area contributed by atoms with Crippen LogP contribution in [0.3, 0.4) is 0 Å². The third-order valence-electron chi connectivity index (χ3n) is 4.07. The maximum Gasteiger partial charge on any atom is 0.116 e. The molecule has 0 spiro atoms. The first-order valence-electron chi connectivity index (χ1n) is 7.94. The van der Waals surface area contributed by atoms with Gasteiger partial charge in [-0.2, -0.15) is 0 Å². The standard InChI is InChI=1S/C22H28O2/c1-15(2)11-20(24)12-17(5)13-21(22(6,7)16(3)4)18-9-8-10-19(23)14-18/h8-11,13-14,23-24H,1,3,5,12H2,2,4,6-7H3/b20-11+,21-13-. The van der Waals surface area contributed by atoms with Gasteiger partial charge in [0, 0.05) is 11.8 Å². The van der Waals surface area contributed by atoms with Gasteiger partial charge < -0.3 is 10.2 Å². The van der Waals surface area contributed by atoms with Crippen LogP contribution in [0.1, 0.15) is 39.7 Å². The number of aromatic hydroxyl groups is 1. The highest BCUT2D eigenvalue weighted by molar-refractivity contribution is 5.75. The van der Waals surface area contributed by atoms with E-state index in [0.717, 1.165) is 27.9 Å². The van der Waals surface area contributed by atoms with Gasteiger partial charge in [-0.3, -0.25) is 0 Å². The van der Waals surface area contributed by atoms with Gasteiger partial charge in [0.2, 0.25) is 0 Å². The third-order valence-corrected chi connectivity index (χ3v) is 4.07. The minimum atomic E-state index is -0.301. The van der Waals surface area contributed by atoms with E-state index in [9.17, 15) is 10.2 Å². The smallest absolute Gasteiger partial charge is 0.116 e. The van der Waals surface area contributed by atoms with E-state index in [4.69, 9.17) is 0 Å². The zero-order valence-electron chi connectivity index (χ0n) is 15.2. The summed E-state index contributed by atoms with van der Waals surface area (Å²) in [5, 5.41) is 19.8. The summed E-state index contributed by atoms with van der Waals surface area (Å²) in [5.41, 5.74) is 4.18. The fourth-order valence-electron chi connectivity index (χ4n) is 2.35. The second-order valence-corrected chi connectivity index (χ2v) is 6.83. The highest BCUT2D eigenvalue weighted by Gasteiger charge is 2.25. The van der Waals surface area contributed by atoms with Crippen LogP contribution < -0.4 is 0 Å². The number of hydrogen-bond donors (Lipinski definition) is 2. The van der Waals surface area contributed by atoms with Crippen LogP contribution >= 0.6 is 0 Å². The van der Waals surface area contributed by atoms with Gasteiger partial charge in [0.15, 0.2) is 0 Å². The van der Waals surface area contributed by atoms with Crippen LogP contribution in [0.5, 0.6) is 5.75 Å². The average Bonchev–Trinajstić information content (AvgIpc) is 2.43. The Balaban J connectivity index is 3.30. The largest absolute Gasteiger partial charge is 0.512 e. The van der Waals surface area contributed by atoms with Gasteiger partial charge in [0.25, 0.3) is 0 Å². The molecule has 0 amide bonds. The summed E-state index contributed by atoms with van der Waals surface area (Å²) in [5.74, 6) is 0.443. The molecule has 2 N–H and O–H groups in total. The minimum Gasteiger partial charge on any atom is -0.512 e. The Morgan fingerprint density at radius 2 is 1.75 bits per heavy atom. The van der Waals surface area contributed by atoms with Crippen LogP contribution in [0, 0.1) is 5.41 Å². The summed E-state index contributed by atoms with van der Waals surface area (Å²) in [4.78, 5) is 0. The number of aliphatic hydroxyl groups excluding tert-OH is 1. The highest BCUT2D eigenvalue weighted by Crippen LogP contribution is 2.41. The molecule has 1 aromatic rings. The van der Waals surface area contributed by atoms with Crippen LogP contribution in [-0.2, 0) is 0 Å². The zero-order chi connectivity index (χ0) is 18.5. The van der Waals surface area contributed by atoms with Gasteiger partial charge in [-0.25, -0.2) is 0 Å². The molecule has 0 saturated carbocycles. The molecular weight excluding hydrogens is 296 g/mol. The van der Waals surface area contributed by atoms with Crippen molar-refractivity contribution in [3.05, 3.63) is 84.2 Å². The Hall–Kier alpha value is -2.48. The molecule has 24 heavy (non-hydrogen) atoms. The van der Waals surface area contributed by atoms with Crippen molar-refractivity contribution in [3.8, 4) is 5.75 Å². The molecule has 0 heterocycles. The lowest BCUT2D eigenvalue weighted by atomic mass is 9.74. The Bertz CT molecular complexity index is 715. The van der Waals surface area contributed by atoms with Crippen LogP contribution in [0.2, 0.25) is 0 Å². The quantitative estimate of drug-likeness (QED) is 0.349. The zero-order valence-corrected chi connectivity index (χ0v) is 15.2. The van der Waals surface area contributed by atoms with Gasteiger partial charge in [-0.1, -0.05) is 62.9 Å². The van der Waals surface area contributed by atoms with E-state index in [1.54, 1.807) is 18.2 Å². The Kier molecular flexibility index (Phi) is 6.42. The van der Waals surface area contributed by atoms with E-state index in [1.807, 2.05) is 32.1 Å². The average molecular weight is 324 g/mol. The number of allylic oxidation sites excluding steroid dienone is 6. The van der Waals surface area contributed by atoms with Crippen molar-refractivity contribution in [1.82, 2.24) is 0 Å².